The van der Waals surface area contributed by atoms with Gasteiger partial charge in [0.05, 0.1) is 12.5 Å². The number of carbonyl (C=O) groups is 1. The molecule has 6 heteroatoms. The maximum absolute atomic E-state index is 12.9. The first kappa shape index (κ1) is 12.4. The van der Waals surface area contributed by atoms with Crippen LogP contribution in [-0.2, 0) is 11.2 Å². The zero-order valence-electron chi connectivity index (χ0n) is 9.03. The lowest BCUT2D eigenvalue weighted by molar-refractivity contribution is -0.625. The number of hydrogen-bond acceptors (Lipinski definition) is 3. The summed E-state index contributed by atoms with van der Waals surface area (Å²) < 4.78 is 14.0. The molecule has 0 aromatic carbocycles. The van der Waals surface area contributed by atoms with Gasteiger partial charge in [0.2, 0.25) is 5.69 Å². The molecule has 0 unspecified atom stereocenters. The van der Waals surface area contributed by atoms with Crippen molar-refractivity contribution in [3.05, 3.63) is 33.7 Å². The van der Waals surface area contributed by atoms with Gasteiger partial charge in [0.1, 0.15) is 6.17 Å². The lowest BCUT2D eigenvalue weighted by Crippen LogP contribution is -2.38. The third-order valence-corrected chi connectivity index (χ3v) is 3.38. The number of rotatable bonds is 3. The molecule has 0 radical (unpaired) electrons. The number of nitrogens with zero attached hydrogens (tertiary/aromatic N) is 1. The van der Waals surface area contributed by atoms with Crippen LogP contribution in [0.5, 0.6) is 0 Å². The highest BCUT2D eigenvalue weighted by Gasteiger charge is 2.30. The smallest absolute Gasteiger partial charge is 0.259 e. The molecule has 2 atom stereocenters. The molecule has 0 saturated carbocycles. The maximum atomic E-state index is 12.9. The average molecular weight is 303 g/mol. The predicted octanol–water partition coefficient (Wildman–Crippen LogP) is 0.894. The molecular weight excluding hydrogens is 291 g/mol. The van der Waals surface area contributed by atoms with Crippen LogP contribution in [0.15, 0.2) is 22.8 Å². The van der Waals surface area contributed by atoms with Gasteiger partial charge in [-0.05, 0) is 6.07 Å². The first-order valence-corrected chi connectivity index (χ1v) is 6.14. The van der Waals surface area contributed by atoms with Crippen LogP contribution < -0.4 is 10.0 Å². The van der Waals surface area contributed by atoms with Crippen molar-refractivity contribution >= 4 is 21.7 Å². The van der Waals surface area contributed by atoms with E-state index in [4.69, 9.17) is 0 Å². The van der Waals surface area contributed by atoms with Crippen LogP contribution in [0.3, 0.4) is 0 Å². The van der Waals surface area contributed by atoms with Crippen LogP contribution in [0.2, 0.25) is 0 Å². The highest BCUT2D eigenvalue weighted by molar-refractivity contribution is 9.10. The summed E-state index contributed by atoms with van der Waals surface area (Å²) in [5.74, 6) is -0.146. The van der Waals surface area contributed by atoms with Crippen molar-refractivity contribution in [2.75, 3.05) is 6.54 Å². The first-order chi connectivity index (χ1) is 8.08. The molecule has 1 aromatic rings. The van der Waals surface area contributed by atoms with Gasteiger partial charge in [-0.25, -0.2) is 4.39 Å². The van der Waals surface area contributed by atoms with Gasteiger partial charge >= 0.3 is 0 Å². The van der Waals surface area contributed by atoms with Gasteiger partial charge in [0, 0.05) is 41.0 Å². The molecule has 0 aliphatic carbocycles. The van der Waals surface area contributed by atoms with Gasteiger partial charge in [-0.2, -0.15) is 4.73 Å². The molecule has 17 heavy (non-hydrogen) atoms. The lowest BCUT2D eigenvalue weighted by atomic mass is 10.1. The number of nitrogens with one attached hydrogen (secondary N) is 1. The Hall–Kier alpha value is -1.01. The topological polar surface area (TPSA) is 56.0 Å². The standard InChI is InChI=1S/C11H12BrFN2O2/c12-11-3-1-2-8(15(11)17)5-10(16)9-4-7(13)6-14-9/h1-3,7,9,14H,4-6H2/t7-,9+/m1/s1. The Bertz CT molecular complexity index is 441. The van der Waals surface area contributed by atoms with E-state index in [1.54, 1.807) is 18.2 Å². The zero-order chi connectivity index (χ0) is 12.4. The Labute approximate surface area is 107 Å². The third-order valence-electron chi connectivity index (χ3n) is 2.80. The van der Waals surface area contributed by atoms with Crippen molar-refractivity contribution in [2.45, 2.75) is 25.1 Å². The fraction of sp³-hybridized carbons (Fsp3) is 0.455. The minimum absolute atomic E-state index is 0.0212. The summed E-state index contributed by atoms with van der Waals surface area (Å²) in [6, 6.07) is 4.43. The summed E-state index contributed by atoms with van der Waals surface area (Å²) in [4.78, 5) is 11.8. The van der Waals surface area contributed by atoms with Crippen LogP contribution in [0, 0.1) is 5.21 Å². The number of ketones is 1. The highest BCUT2D eigenvalue weighted by Crippen LogP contribution is 2.13. The van der Waals surface area contributed by atoms with Crippen LogP contribution in [-0.4, -0.2) is 24.5 Å². The number of Topliss-reactive ketones (excluding diaryl/α,β-unsaturated/α-hetero) is 1. The van der Waals surface area contributed by atoms with Crippen molar-refractivity contribution in [2.24, 2.45) is 0 Å². The van der Waals surface area contributed by atoms with Crippen molar-refractivity contribution < 1.29 is 13.9 Å². The molecule has 92 valence electrons. The largest absolute Gasteiger partial charge is 0.618 e. The maximum Gasteiger partial charge on any atom is 0.259 e. The zero-order valence-corrected chi connectivity index (χ0v) is 10.6. The Kier molecular flexibility index (Phi) is 3.73. The number of pyridine rings is 1. The number of halogens is 2. The second-order valence-corrected chi connectivity index (χ2v) is 4.88. The second kappa shape index (κ2) is 5.10. The molecule has 1 N–H and O–H groups in total. The second-order valence-electron chi connectivity index (χ2n) is 4.07. The van der Waals surface area contributed by atoms with Gasteiger partial charge in [-0.3, -0.25) is 4.79 Å². The van der Waals surface area contributed by atoms with E-state index in [-0.39, 0.29) is 25.2 Å². The molecule has 4 nitrogen and oxygen atoms in total. The number of alkyl halides is 1. The quantitative estimate of drug-likeness (QED) is 0.513. The predicted molar refractivity (Wildman–Crippen MR) is 63.1 cm³/mol. The summed E-state index contributed by atoms with van der Waals surface area (Å²) in [5.41, 5.74) is 0.369. The summed E-state index contributed by atoms with van der Waals surface area (Å²) in [6.07, 6.45) is -0.746. The fourth-order valence-electron chi connectivity index (χ4n) is 1.88. The molecule has 1 saturated heterocycles. The summed E-state index contributed by atoms with van der Waals surface area (Å²) in [7, 11) is 0. The van der Waals surface area contributed by atoms with Gasteiger partial charge in [0.15, 0.2) is 5.78 Å². The number of carbonyl (C=O) groups excluding carboxylic acids is 1. The minimum atomic E-state index is -0.967. The molecule has 1 aromatic heterocycles. The van der Waals surface area contributed by atoms with E-state index >= 15 is 0 Å². The van der Waals surface area contributed by atoms with E-state index in [1.807, 2.05) is 0 Å². The third kappa shape index (κ3) is 2.81. The molecule has 0 bridgehead atoms. The molecule has 1 aliphatic heterocycles. The molecular formula is C11H12BrFN2O2. The summed E-state index contributed by atoms with van der Waals surface area (Å²) >= 11 is 3.09. The molecule has 0 spiro atoms. The van der Waals surface area contributed by atoms with Crippen LogP contribution in [0.1, 0.15) is 12.1 Å². The van der Waals surface area contributed by atoms with Gasteiger partial charge < -0.3 is 10.5 Å². The molecule has 2 heterocycles. The van der Waals surface area contributed by atoms with E-state index in [1.165, 1.54) is 0 Å². The Balaban J connectivity index is 2.06. The van der Waals surface area contributed by atoms with Gasteiger partial charge in [0.25, 0.3) is 4.60 Å². The van der Waals surface area contributed by atoms with E-state index < -0.39 is 12.2 Å². The SMILES string of the molecule is O=C(Cc1cccc(Br)[n+]1[O-])[C@@H]1C[C@@H](F)CN1. The van der Waals surface area contributed by atoms with Crippen LogP contribution in [0.4, 0.5) is 4.39 Å². The first-order valence-electron chi connectivity index (χ1n) is 5.35. The fourth-order valence-corrected chi connectivity index (χ4v) is 2.26. The summed E-state index contributed by atoms with van der Waals surface area (Å²) in [5, 5.41) is 14.4. The van der Waals surface area contributed by atoms with Crippen molar-refractivity contribution in [3.63, 3.8) is 0 Å². The van der Waals surface area contributed by atoms with Crippen molar-refractivity contribution in [1.29, 1.82) is 0 Å². The van der Waals surface area contributed by atoms with Crippen LogP contribution in [0.25, 0.3) is 0 Å². The minimum Gasteiger partial charge on any atom is -0.618 e. The van der Waals surface area contributed by atoms with Gasteiger partial charge in [-0.15, -0.1) is 0 Å². The number of hydrogen-bond donors (Lipinski definition) is 1. The van der Waals surface area contributed by atoms with Crippen molar-refractivity contribution in [1.82, 2.24) is 5.32 Å². The van der Waals surface area contributed by atoms with Gasteiger partial charge in [-0.1, -0.05) is 0 Å². The highest BCUT2D eigenvalue weighted by atomic mass is 79.9. The van der Waals surface area contributed by atoms with E-state index in [2.05, 4.69) is 21.2 Å². The molecule has 0 amide bonds. The summed E-state index contributed by atoms with van der Waals surface area (Å²) in [6.45, 7) is 0.215. The molecule has 2 rings (SSSR count). The Morgan fingerprint density at radius 1 is 1.65 bits per heavy atom. The van der Waals surface area contributed by atoms with E-state index in [0.29, 0.717) is 15.0 Å². The van der Waals surface area contributed by atoms with E-state index in [0.717, 1.165) is 0 Å². The number of aromatic nitrogens is 1. The van der Waals surface area contributed by atoms with Crippen molar-refractivity contribution in [3.8, 4) is 0 Å². The molecule has 1 aliphatic rings. The average Bonchev–Trinajstić information content (AvgIpc) is 2.72. The van der Waals surface area contributed by atoms with Crippen LogP contribution >= 0.6 is 15.9 Å². The Morgan fingerprint density at radius 2 is 2.41 bits per heavy atom. The Morgan fingerprint density at radius 3 is 3.06 bits per heavy atom. The normalized spacial score (nSPS) is 23.9. The van der Waals surface area contributed by atoms with E-state index in [9.17, 15) is 14.4 Å². The molecule has 1 fully saturated rings. The monoisotopic (exact) mass is 302 g/mol. The lowest BCUT2D eigenvalue weighted by Gasteiger charge is -2.09.